The maximum absolute atomic E-state index is 12.0. The van der Waals surface area contributed by atoms with Crippen molar-refractivity contribution in [1.82, 2.24) is 5.32 Å². The van der Waals surface area contributed by atoms with Crippen molar-refractivity contribution >= 4 is 17.6 Å². The summed E-state index contributed by atoms with van der Waals surface area (Å²) in [5, 5.41) is 13.1. The van der Waals surface area contributed by atoms with Crippen LogP contribution in [0.4, 0.5) is 5.69 Å². The van der Waals surface area contributed by atoms with Crippen LogP contribution in [0.1, 0.15) is 24.2 Å². The lowest BCUT2D eigenvalue weighted by molar-refractivity contribution is -0.384. The third-order valence-corrected chi connectivity index (χ3v) is 2.75. The van der Waals surface area contributed by atoms with Crippen LogP contribution in [0.5, 0.6) is 0 Å². The monoisotopic (exact) mass is 280 g/mol. The van der Waals surface area contributed by atoms with Crippen LogP contribution < -0.4 is 5.32 Å². The number of hydrogen-bond donors (Lipinski definition) is 1. The average Bonchev–Trinajstić information content (AvgIpc) is 2.43. The van der Waals surface area contributed by atoms with Crippen molar-refractivity contribution < 1.29 is 19.2 Å². The molecular weight excluding hydrogens is 264 g/mol. The van der Waals surface area contributed by atoms with E-state index in [0.29, 0.717) is 0 Å². The van der Waals surface area contributed by atoms with Crippen molar-refractivity contribution in [3.63, 3.8) is 0 Å². The van der Waals surface area contributed by atoms with Crippen molar-refractivity contribution in [3.05, 3.63) is 39.9 Å². The molecule has 108 valence electrons. The summed E-state index contributed by atoms with van der Waals surface area (Å²) in [7, 11) is 1.25. The Kier molecular flexibility index (Phi) is 5.19. The normalized spacial score (nSPS) is 11.8. The molecule has 1 N–H and O–H groups in total. The van der Waals surface area contributed by atoms with E-state index in [-0.39, 0.29) is 17.2 Å². The summed E-state index contributed by atoms with van der Waals surface area (Å²) >= 11 is 0. The minimum Gasteiger partial charge on any atom is -0.467 e. The fourth-order valence-electron chi connectivity index (χ4n) is 1.58. The van der Waals surface area contributed by atoms with Gasteiger partial charge in [-0.3, -0.25) is 14.9 Å². The summed E-state index contributed by atoms with van der Waals surface area (Å²) in [5.41, 5.74) is 0.139. The third kappa shape index (κ3) is 3.78. The van der Waals surface area contributed by atoms with Crippen LogP contribution in [0, 0.1) is 16.0 Å². The lowest BCUT2D eigenvalue weighted by atomic mass is 10.0. The van der Waals surface area contributed by atoms with E-state index >= 15 is 0 Å². The quantitative estimate of drug-likeness (QED) is 0.501. The molecule has 0 unspecified atom stereocenters. The molecule has 0 aliphatic heterocycles. The predicted octanol–water partition coefficient (Wildman–Crippen LogP) is 1.52. The number of amides is 1. The highest BCUT2D eigenvalue weighted by Gasteiger charge is 2.25. The van der Waals surface area contributed by atoms with Gasteiger partial charge in [0.15, 0.2) is 0 Å². The highest BCUT2D eigenvalue weighted by molar-refractivity contribution is 5.97. The second-order valence-corrected chi connectivity index (χ2v) is 4.52. The Balaban J connectivity index is 2.84. The first kappa shape index (κ1) is 15.6. The minimum atomic E-state index is -0.761. The number of esters is 1. The number of nitrogens with zero attached hydrogens (tertiary/aromatic N) is 1. The average molecular weight is 280 g/mol. The number of hydrogen-bond acceptors (Lipinski definition) is 5. The molecule has 1 aromatic carbocycles. The Hall–Kier alpha value is -2.44. The maximum Gasteiger partial charge on any atom is 0.328 e. The number of benzene rings is 1. The first-order chi connectivity index (χ1) is 9.36. The molecule has 1 aromatic rings. The topological polar surface area (TPSA) is 98.5 Å². The molecular formula is C13H16N2O5. The largest absolute Gasteiger partial charge is 0.467 e. The Labute approximate surface area is 116 Å². The molecule has 7 heteroatoms. The zero-order valence-corrected chi connectivity index (χ0v) is 11.5. The molecule has 0 radical (unpaired) electrons. The minimum absolute atomic E-state index is 0.102. The second kappa shape index (κ2) is 6.65. The first-order valence-electron chi connectivity index (χ1n) is 6.00. The fourth-order valence-corrected chi connectivity index (χ4v) is 1.58. The van der Waals surface area contributed by atoms with Crippen LogP contribution in [-0.4, -0.2) is 30.0 Å². The van der Waals surface area contributed by atoms with Crippen LogP contribution in [0.2, 0.25) is 0 Å². The van der Waals surface area contributed by atoms with Gasteiger partial charge in [0.2, 0.25) is 0 Å². The van der Waals surface area contributed by atoms with Gasteiger partial charge in [0, 0.05) is 17.7 Å². The highest BCUT2D eigenvalue weighted by atomic mass is 16.6. The number of methoxy groups -OCH3 is 1. The summed E-state index contributed by atoms with van der Waals surface area (Å²) in [6, 6.07) is 4.38. The molecule has 20 heavy (non-hydrogen) atoms. The van der Waals surface area contributed by atoms with E-state index in [0.717, 1.165) is 0 Å². The number of carbonyl (C=O) groups excluding carboxylic acids is 2. The van der Waals surface area contributed by atoms with Crippen LogP contribution in [-0.2, 0) is 9.53 Å². The van der Waals surface area contributed by atoms with E-state index in [2.05, 4.69) is 10.1 Å². The zero-order chi connectivity index (χ0) is 15.3. The lowest BCUT2D eigenvalue weighted by Crippen LogP contribution is -2.45. The lowest BCUT2D eigenvalue weighted by Gasteiger charge is -2.19. The third-order valence-electron chi connectivity index (χ3n) is 2.75. The van der Waals surface area contributed by atoms with Gasteiger partial charge in [-0.15, -0.1) is 0 Å². The smallest absolute Gasteiger partial charge is 0.328 e. The highest BCUT2D eigenvalue weighted by Crippen LogP contribution is 2.12. The van der Waals surface area contributed by atoms with E-state index in [1.54, 1.807) is 13.8 Å². The molecule has 1 amide bonds. The molecule has 0 aromatic heterocycles. The van der Waals surface area contributed by atoms with Crippen LogP contribution in [0.15, 0.2) is 24.3 Å². The maximum atomic E-state index is 12.0. The number of rotatable bonds is 5. The van der Waals surface area contributed by atoms with E-state index < -0.39 is 22.8 Å². The van der Waals surface area contributed by atoms with E-state index in [4.69, 9.17) is 0 Å². The number of ether oxygens (including phenoxy) is 1. The van der Waals surface area contributed by atoms with Gasteiger partial charge in [-0.05, 0) is 18.1 Å². The van der Waals surface area contributed by atoms with Gasteiger partial charge in [-0.1, -0.05) is 13.8 Å². The summed E-state index contributed by atoms with van der Waals surface area (Å²) in [6.45, 7) is 3.55. The molecule has 0 saturated heterocycles. The molecule has 0 spiro atoms. The fraction of sp³-hybridized carbons (Fsp3) is 0.385. The zero-order valence-electron chi connectivity index (χ0n) is 11.5. The molecule has 0 bridgehead atoms. The van der Waals surface area contributed by atoms with E-state index in [1.165, 1.54) is 31.4 Å². The van der Waals surface area contributed by atoms with Gasteiger partial charge >= 0.3 is 5.97 Å². The van der Waals surface area contributed by atoms with Gasteiger partial charge in [0.25, 0.3) is 11.6 Å². The predicted molar refractivity (Wildman–Crippen MR) is 71.2 cm³/mol. The Morgan fingerprint density at radius 2 is 1.80 bits per heavy atom. The van der Waals surface area contributed by atoms with Gasteiger partial charge in [-0.2, -0.15) is 0 Å². The van der Waals surface area contributed by atoms with E-state index in [9.17, 15) is 19.7 Å². The van der Waals surface area contributed by atoms with Crippen molar-refractivity contribution in [2.24, 2.45) is 5.92 Å². The van der Waals surface area contributed by atoms with Crippen LogP contribution in [0.25, 0.3) is 0 Å². The van der Waals surface area contributed by atoms with Crippen LogP contribution >= 0.6 is 0 Å². The first-order valence-corrected chi connectivity index (χ1v) is 6.00. The van der Waals surface area contributed by atoms with Crippen molar-refractivity contribution in [3.8, 4) is 0 Å². The molecule has 0 fully saturated rings. The van der Waals surface area contributed by atoms with Gasteiger partial charge in [0.05, 0.1) is 12.0 Å². The van der Waals surface area contributed by atoms with Crippen molar-refractivity contribution in [2.75, 3.05) is 7.11 Å². The number of non-ortho nitro benzene ring substituents is 1. The number of nitro groups is 1. The SMILES string of the molecule is COC(=O)[C@@H](NC(=O)c1ccc([N+](=O)[O-])cc1)C(C)C. The van der Waals surface area contributed by atoms with Gasteiger partial charge in [-0.25, -0.2) is 4.79 Å². The molecule has 0 heterocycles. The summed E-state index contributed by atoms with van der Waals surface area (Å²) < 4.78 is 4.62. The molecule has 1 atom stereocenters. The van der Waals surface area contributed by atoms with Gasteiger partial charge < -0.3 is 10.1 Å². The molecule has 0 aliphatic rings. The molecule has 7 nitrogen and oxygen atoms in total. The van der Waals surface area contributed by atoms with Crippen molar-refractivity contribution in [2.45, 2.75) is 19.9 Å². The second-order valence-electron chi connectivity index (χ2n) is 4.52. The Morgan fingerprint density at radius 3 is 2.20 bits per heavy atom. The number of nitro benzene ring substituents is 1. The standard InChI is InChI=1S/C13H16N2O5/c1-8(2)11(13(17)20-3)14-12(16)9-4-6-10(7-5-9)15(18)19/h4-8,11H,1-3H3,(H,14,16)/t11-/m0/s1. The van der Waals surface area contributed by atoms with Gasteiger partial charge in [0.1, 0.15) is 6.04 Å². The molecule has 1 rings (SSSR count). The molecule has 0 saturated carbocycles. The molecule has 0 aliphatic carbocycles. The Bertz CT molecular complexity index is 510. The summed E-state index contributed by atoms with van der Waals surface area (Å²) in [4.78, 5) is 33.5. The Morgan fingerprint density at radius 1 is 1.25 bits per heavy atom. The summed E-state index contributed by atoms with van der Waals surface area (Å²) in [5.74, 6) is -1.15. The summed E-state index contributed by atoms with van der Waals surface area (Å²) in [6.07, 6.45) is 0. The van der Waals surface area contributed by atoms with Crippen molar-refractivity contribution in [1.29, 1.82) is 0 Å². The van der Waals surface area contributed by atoms with E-state index in [1.807, 2.05) is 0 Å². The van der Waals surface area contributed by atoms with Crippen LogP contribution in [0.3, 0.4) is 0 Å². The number of carbonyl (C=O) groups is 2. The number of nitrogens with one attached hydrogen (secondary N) is 1.